The highest BCUT2D eigenvalue weighted by Gasteiger charge is 2.06. The third-order valence-corrected chi connectivity index (χ3v) is 1.82. The third-order valence-electron chi connectivity index (χ3n) is 1.82. The fourth-order valence-corrected chi connectivity index (χ4v) is 1.06. The molecular formula is C6H14N10. The van der Waals surface area contributed by atoms with E-state index in [9.17, 15) is 0 Å². The van der Waals surface area contributed by atoms with Crippen LogP contribution in [0.3, 0.4) is 0 Å². The number of nitrogens with one attached hydrogen (secondary N) is 1. The summed E-state index contributed by atoms with van der Waals surface area (Å²) in [5.41, 5.74) is 0. The smallest absolute Gasteiger partial charge is 0.279 e. The molecule has 0 amide bonds. The van der Waals surface area contributed by atoms with Gasteiger partial charge in [0.25, 0.3) is 5.95 Å². The van der Waals surface area contributed by atoms with Crippen LogP contribution >= 0.6 is 0 Å². The number of hydrogen-bond acceptors (Lipinski definition) is 7. The predicted octanol–water partition coefficient (Wildman–Crippen LogP) is -0.986. The summed E-state index contributed by atoms with van der Waals surface area (Å²) in [6, 6.07) is 0. The van der Waals surface area contributed by atoms with Crippen molar-refractivity contribution in [3.8, 4) is 0 Å². The van der Waals surface area contributed by atoms with Crippen LogP contribution in [0.5, 0.6) is 0 Å². The highest BCUT2D eigenvalue weighted by molar-refractivity contribution is 5.82. The maximum Gasteiger partial charge on any atom is 0.279 e. The van der Waals surface area contributed by atoms with Crippen LogP contribution in [0.25, 0.3) is 0 Å². The molecule has 0 aliphatic heterocycles. The normalized spacial score (nSPS) is 12.2. The summed E-state index contributed by atoms with van der Waals surface area (Å²) in [5.74, 6) is 11.5. The van der Waals surface area contributed by atoms with Gasteiger partial charge in [-0.3, -0.25) is 10.0 Å². The van der Waals surface area contributed by atoms with Crippen molar-refractivity contribution in [2.24, 2.45) is 27.0 Å². The van der Waals surface area contributed by atoms with Crippen molar-refractivity contribution < 1.29 is 0 Å². The van der Waals surface area contributed by atoms with Crippen LogP contribution < -0.4 is 16.7 Å². The topological polar surface area (TPSA) is 147 Å². The van der Waals surface area contributed by atoms with Crippen LogP contribution in [-0.4, -0.2) is 40.1 Å². The number of tetrazole rings is 1. The Kier molecular flexibility index (Phi) is 4.79. The first-order chi connectivity index (χ1) is 7.77. The SMILES string of the molecule is CN=C(CCCN(N)c1nn[nH]n1)N=NN. The number of aliphatic imine (C=N–C) groups is 1. The molecule has 88 valence electrons. The van der Waals surface area contributed by atoms with Gasteiger partial charge >= 0.3 is 0 Å². The first-order valence-corrected chi connectivity index (χ1v) is 4.60. The lowest BCUT2D eigenvalue weighted by molar-refractivity contribution is 0.749. The number of nitrogens with zero attached hydrogens (tertiary/aromatic N) is 7. The number of hydrazine groups is 1. The van der Waals surface area contributed by atoms with E-state index in [0.717, 1.165) is 6.42 Å². The molecule has 0 fully saturated rings. The van der Waals surface area contributed by atoms with E-state index in [4.69, 9.17) is 11.7 Å². The molecule has 10 heteroatoms. The van der Waals surface area contributed by atoms with Crippen molar-refractivity contribution in [2.75, 3.05) is 18.6 Å². The van der Waals surface area contributed by atoms with Crippen LogP contribution in [-0.2, 0) is 0 Å². The molecule has 0 aliphatic carbocycles. The van der Waals surface area contributed by atoms with Gasteiger partial charge in [-0.1, -0.05) is 10.3 Å². The van der Waals surface area contributed by atoms with E-state index in [1.807, 2.05) is 0 Å². The Bertz CT molecular complexity index is 340. The number of H-pyrrole nitrogens is 1. The number of amidine groups is 1. The molecule has 0 aliphatic rings. The lowest BCUT2D eigenvalue weighted by Crippen LogP contribution is -2.33. The Morgan fingerprint density at radius 1 is 1.56 bits per heavy atom. The Labute approximate surface area is 91.8 Å². The maximum atomic E-state index is 5.67. The molecule has 0 unspecified atom stereocenters. The first kappa shape index (κ1) is 12.0. The van der Waals surface area contributed by atoms with Crippen molar-refractivity contribution in [1.29, 1.82) is 0 Å². The minimum atomic E-state index is 0.343. The monoisotopic (exact) mass is 226 g/mol. The van der Waals surface area contributed by atoms with Crippen molar-refractivity contribution in [2.45, 2.75) is 12.8 Å². The van der Waals surface area contributed by atoms with Gasteiger partial charge in [0.2, 0.25) is 0 Å². The van der Waals surface area contributed by atoms with Crippen LogP contribution in [0.2, 0.25) is 0 Å². The highest BCUT2D eigenvalue weighted by atomic mass is 15.6. The molecule has 1 aromatic rings. The zero-order valence-electron chi connectivity index (χ0n) is 8.91. The molecule has 0 spiro atoms. The number of aromatic amines is 1. The summed E-state index contributed by atoms with van der Waals surface area (Å²) in [6.45, 7) is 0.554. The molecule has 0 bridgehead atoms. The van der Waals surface area contributed by atoms with E-state index in [1.54, 1.807) is 7.05 Å². The standard InChI is InChI=1S/C6H14N10/c1-9-5(10-13-7)3-2-4-16(8)6-11-14-15-12-6/h2-4,8H2,1H3,(H2,7,9,10)(H,11,12,14,15). The molecule has 5 N–H and O–H groups in total. The molecule has 0 aromatic carbocycles. The number of nitrogens with two attached hydrogens (primary N) is 2. The van der Waals surface area contributed by atoms with Gasteiger partial charge in [0.1, 0.15) is 5.84 Å². The average Bonchev–Trinajstić information content (AvgIpc) is 2.81. The van der Waals surface area contributed by atoms with Crippen molar-refractivity contribution in [1.82, 2.24) is 20.6 Å². The van der Waals surface area contributed by atoms with E-state index in [2.05, 4.69) is 36.0 Å². The molecule has 16 heavy (non-hydrogen) atoms. The van der Waals surface area contributed by atoms with E-state index < -0.39 is 0 Å². The summed E-state index contributed by atoms with van der Waals surface area (Å²) >= 11 is 0. The number of aromatic nitrogens is 4. The maximum absolute atomic E-state index is 5.67. The quantitative estimate of drug-likeness (QED) is 0.193. The highest BCUT2D eigenvalue weighted by Crippen LogP contribution is 2.01. The Hall–Kier alpha value is -2.10. The van der Waals surface area contributed by atoms with Gasteiger partial charge in [-0.15, -0.1) is 10.2 Å². The summed E-state index contributed by atoms with van der Waals surface area (Å²) < 4.78 is 0. The van der Waals surface area contributed by atoms with Gasteiger partial charge < -0.3 is 5.84 Å². The van der Waals surface area contributed by atoms with Gasteiger partial charge in [0, 0.05) is 20.0 Å². The van der Waals surface area contributed by atoms with E-state index in [-0.39, 0.29) is 0 Å². The van der Waals surface area contributed by atoms with Gasteiger partial charge in [0.15, 0.2) is 0 Å². The molecule has 0 radical (unpaired) electrons. The lowest BCUT2D eigenvalue weighted by Gasteiger charge is -2.12. The Balaban J connectivity index is 2.30. The molecule has 0 saturated carbocycles. The fourth-order valence-electron chi connectivity index (χ4n) is 1.06. The molecule has 0 saturated heterocycles. The van der Waals surface area contributed by atoms with Crippen LogP contribution in [0.15, 0.2) is 15.3 Å². The van der Waals surface area contributed by atoms with Gasteiger partial charge in [-0.25, -0.2) is 5.84 Å². The van der Waals surface area contributed by atoms with Gasteiger partial charge in [0.05, 0.1) is 0 Å². The third kappa shape index (κ3) is 3.57. The van der Waals surface area contributed by atoms with Crippen molar-refractivity contribution >= 4 is 11.8 Å². The number of rotatable bonds is 5. The molecule has 0 atom stereocenters. The Morgan fingerprint density at radius 2 is 2.38 bits per heavy atom. The molecular weight excluding hydrogens is 212 g/mol. The largest absolute Gasteiger partial charge is 0.305 e. The Morgan fingerprint density at radius 3 is 2.94 bits per heavy atom. The average molecular weight is 226 g/mol. The molecule has 1 aromatic heterocycles. The molecule has 10 nitrogen and oxygen atoms in total. The zero-order valence-corrected chi connectivity index (χ0v) is 8.91. The summed E-state index contributed by atoms with van der Waals surface area (Å²) in [7, 11) is 1.63. The van der Waals surface area contributed by atoms with Gasteiger partial charge in [-0.05, 0) is 11.6 Å². The predicted molar refractivity (Wildman–Crippen MR) is 57.3 cm³/mol. The minimum Gasteiger partial charge on any atom is -0.305 e. The molecule has 1 heterocycles. The van der Waals surface area contributed by atoms with Crippen LogP contribution in [0.4, 0.5) is 5.95 Å². The van der Waals surface area contributed by atoms with Gasteiger partial charge in [-0.2, -0.15) is 5.21 Å². The second-order valence-corrected chi connectivity index (χ2v) is 2.86. The van der Waals surface area contributed by atoms with Crippen molar-refractivity contribution in [3.63, 3.8) is 0 Å². The summed E-state index contributed by atoms with van der Waals surface area (Å²) in [6.07, 6.45) is 1.36. The summed E-state index contributed by atoms with van der Waals surface area (Å²) in [5, 5.41) is 21.4. The lowest BCUT2D eigenvalue weighted by atomic mass is 10.3. The van der Waals surface area contributed by atoms with Crippen LogP contribution in [0.1, 0.15) is 12.8 Å². The van der Waals surface area contributed by atoms with Crippen LogP contribution in [0, 0.1) is 0 Å². The second-order valence-electron chi connectivity index (χ2n) is 2.86. The fraction of sp³-hybridized carbons (Fsp3) is 0.667. The zero-order chi connectivity index (χ0) is 11.8. The minimum absolute atomic E-state index is 0.343. The van der Waals surface area contributed by atoms with E-state index in [0.29, 0.717) is 24.7 Å². The van der Waals surface area contributed by atoms with E-state index >= 15 is 0 Å². The first-order valence-electron chi connectivity index (χ1n) is 4.60. The van der Waals surface area contributed by atoms with E-state index in [1.165, 1.54) is 5.01 Å². The van der Waals surface area contributed by atoms with Crippen molar-refractivity contribution in [3.05, 3.63) is 0 Å². The number of hydrogen-bond donors (Lipinski definition) is 3. The summed E-state index contributed by atoms with van der Waals surface area (Å²) in [4.78, 5) is 3.90. The number of anilines is 1. The molecule has 1 rings (SSSR count). The second kappa shape index (κ2) is 6.40.